The first-order valence-corrected chi connectivity index (χ1v) is 10.4. The molecule has 0 aliphatic rings. The molecule has 0 heterocycles. The van der Waals surface area contributed by atoms with E-state index in [1.807, 2.05) is 32.0 Å². The highest BCUT2D eigenvalue weighted by Gasteiger charge is 2.25. The minimum atomic E-state index is -2.90. The van der Waals surface area contributed by atoms with Crippen molar-refractivity contribution in [1.82, 2.24) is 5.32 Å². The minimum absolute atomic E-state index is 0.00163. The van der Waals surface area contributed by atoms with Crippen LogP contribution in [-0.2, 0) is 25.2 Å². The molecule has 0 aromatic heterocycles. The van der Waals surface area contributed by atoms with Crippen molar-refractivity contribution in [3.63, 3.8) is 0 Å². The van der Waals surface area contributed by atoms with E-state index in [2.05, 4.69) is 5.32 Å². The molecular formula is C17H26NO6P. The Hall–Kier alpha value is -1.85. The number of benzene rings is 1. The number of carbonyl (C=O) groups is 2. The Morgan fingerprint density at radius 2 is 1.88 bits per heavy atom. The van der Waals surface area contributed by atoms with E-state index in [0.29, 0.717) is 6.61 Å². The average Bonchev–Trinajstić information content (AvgIpc) is 2.55. The normalized spacial score (nSPS) is 14.6. The molecule has 0 bridgehead atoms. The monoisotopic (exact) mass is 371 g/mol. The van der Waals surface area contributed by atoms with Gasteiger partial charge in [-0.05, 0) is 17.9 Å². The third-order valence-corrected chi connectivity index (χ3v) is 5.07. The molecule has 7 nitrogen and oxygen atoms in total. The Kier molecular flexibility index (Phi) is 8.66. The van der Waals surface area contributed by atoms with Crippen LogP contribution >= 0.6 is 7.37 Å². The van der Waals surface area contributed by atoms with Gasteiger partial charge in [0.25, 0.3) is 0 Å². The summed E-state index contributed by atoms with van der Waals surface area (Å²) in [5.74, 6) is -0.977. The summed E-state index contributed by atoms with van der Waals surface area (Å²) in [6, 6.07) is 7.87. The number of carboxylic acids is 1. The van der Waals surface area contributed by atoms with Crippen molar-refractivity contribution >= 4 is 19.4 Å². The minimum Gasteiger partial charge on any atom is -0.480 e. The molecule has 0 spiro atoms. The highest BCUT2D eigenvalue weighted by atomic mass is 31.2. The number of amides is 1. The van der Waals surface area contributed by atoms with E-state index in [0.717, 1.165) is 5.56 Å². The van der Waals surface area contributed by atoms with Crippen molar-refractivity contribution < 1.29 is 28.5 Å². The van der Waals surface area contributed by atoms with Gasteiger partial charge in [0.05, 0.1) is 6.61 Å². The third-order valence-electron chi connectivity index (χ3n) is 3.31. The number of alkyl carbamates (subject to hydrolysis) is 1. The number of carbonyl (C=O) groups excluding carboxylic acids is 1. The van der Waals surface area contributed by atoms with Crippen LogP contribution in [0.5, 0.6) is 0 Å². The summed E-state index contributed by atoms with van der Waals surface area (Å²) in [6.45, 7) is 5.73. The first kappa shape index (κ1) is 21.2. The van der Waals surface area contributed by atoms with Gasteiger partial charge in [0.1, 0.15) is 12.6 Å². The second kappa shape index (κ2) is 10.2. The second-order valence-corrected chi connectivity index (χ2v) is 9.05. The Morgan fingerprint density at radius 3 is 2.44 bits per heavy atom. The van der Waals surface area contributed by atoms with Gasteiger partial charge >= 0.3 is 12.1 Å². The second-order valence-electron chi connectivity index (χ2n) is 6.31. The Morgan fingerprint density at radius 1 is 1.24 bits per heavy atom. The van der Waals surface area contributed by atoms with Gasteiger partial charge in [-0.25, -0.2) is 9.59 Å². The molecule has 140 valence electrons. The SMILES string of the molecule is CC(C)COP(C)(=O)CCC(NC(=O)OCc1ccccc1)C(=O)O. The highest BCUT2D eigenvalue weighted by Crippen LogP contribution is 2.43. The van der Waals surface area contributed by atoms with Crippen LogP contribution in [-0.4, -0.2) is 42.6 Å². The summed E-state index contributed by atoms with van der Waals surface area (Å²) in [6.07, 6.45) is -0.762. The van der Waals surface area contributed by atoms with Gasteiger partial charge in [-0.3, -0.25) is 4.57 Å². The number of hydrogen-bond acceptors (Lipinski definition) is 5. The molecule has 0 fully saturated rings. The zero-order chi connectivity index (χ0) is 18.9. The molecule has 1 amide bonds. The van der Waals surface area contributed by atoms with E-state index in [-0.39, 0.29) is 25.1 Å². The van der Waals surface area contributed by atoms with E-state index >= 15 is 0 Å². The van der Waals surface area contributed by atoms with Crippen molar-refractivity contribution in [3.8, 4) is 0 Å². The van der Waals surface area contributed by atoms with Crippen molar-refractivity contribution in [2.45, 2.75) is 32.9 Å². The number of nitrogens with one attached hydrogen (secondary N) is 1. The standard InChI is InChI=1S/C17H26NO6P/c1-13(2)11-24-25(3,22)10-9-15(16(19)20)18-17(21)23-12-14-7-5-4-6-8-14/h4-8,13,15H,9-12H2,1-3H3,(H,18,21)(H,19,20). The van der Waals surface area contributed by atoms with Crippen LogP contribution in [0.2, 0.25) is 0 Å². The summed E-state index contributed by atoms with van der Waals surface area (Å²) >= 11 is 0. The lowest BCUT2D eigenvalue weighted by Crippen LogP contribution is -2.41. The van der Waals surface area contributed by atoms with Gasteiger partial charge in [-0.2, -0.15) is 0 Å². The lowest BCUT2D eigenvalue weighted by molar-refractivity contribution is -0.139. The molecule has 1 aromatic carbocycles. The lowest BCUT2D eigenvalue weighted by atomic mass is 10.2. The number of ether oxygens (including phenoxy) is 1. The maximum absolute atomic E-state index is 12.3. The summed E-state index contributed by atoms with van der Waals surface area (Å²) < 4.78 is 22.6. The van der Waals surface area contributed by atoms with Crippen molar-refractivity contribution in [1.29, 1.82) is 0 Å². The summed E-state index contributed by atoms with van der Waals surface area (Å²) in [5.41, 5.74) is 0.796. The molecule has 0 saturated carbocycles. The van der Waals surface area contributed by atoms with Crippen LogP contribution in [0.25, 0.3) is 0 Å². The van der Waals surface area contributed by atoms with E-state index < -0.39 is 25.5 Å². The molecule has 2 atom stereocenters. The Bertz CT molecular complexity index is 604. The topological polar surface area (TPSA) is 102 Å². The van der Waals surface area contributed by atoms with Gasteiger partial charge in [-0.15, -0.1) is 0 Å². The molecule has 0 aliphatic heterocycles. The van der Waals surface area contributed by atoms with Gasteiger partial charge in [0.15, 0.2) is 7.37 Å². The molecular weight excluding hydrogens is 345 g/mol. The fourth-order valence-corrected chi connectivity index (χ4v) is 3.37. The first-order valence-electron chi connectivity index (χ1n) is 8.10. The van der Waals surface area contributed by atoms with Crippen LogP contribution in [0.15, 0.2) is 30.3 Å². The third kappa shape index (κ3) is 9.27. The molecule has 25 heavy (non-hydrogen) atoms. The number of hydrogen-bond donors (Lipinski definition) is 2. The van der Waals surface area contributed by atoms with E-state index in [1.165, 1.54) is 6.66 Å². The van der Waals surface area contributed by atoms with Crippen molar-refractivity contribution in [2.24, 2.45) is 5.92 Å². The van der Waals surface area contributed by atoms with E-state index in [9.17, 15) is 19.3 Å². The molecule has 8 heteroatoms. The molecule has 0 saturated heterocycles. The van der Waals surface area contributed by atoms with Crippen molar-refractivity contribution in [3.05, 3.63) is 35.9 Å². The average molecular weight is 371 g/mol. The predicted molar refractivity (Wildman–Crippen MR) is 95.0 cm³/mol. The van der Waals surface area contributed by atoms with Gasteiger partial charge in [0, 0.05) is 12.8 Å². The number of carboxylic acid groups (broad SMARTS) is 1. The Balaban J connectivity index is 2.46. The molecule has 0 radical (unpaired) electrons. The molecule has 0 aliphatic carbocycles. The van der Waals surface area contributed by atoms with Gasteiger partial charge < -0.3 is 19.7 Å². The van der Waals surface area contributed by atoms with Crippen LogP contribution < -0.4 is 5.32 Å². The highest BCUT2D eigenvalue weighted by molar-refractivity contribution is 7.58. The summed E-state index contributed by atoms with van der Waals surface area (Å²) in [5, 5.41) is 11.5. The fraction of sp³-hybridized carbons (Fsp3) is 0.529. The Labute approximate surface area is 148 Å². The zero-order valence-corrected chi connectivity index (χ0v) is 15.7. The van der Waals surface area contributed by atoms with Gasteiger partial charge in [0.2, 0.25) is 0 Å². The number of aliphatic carboxylic acids is 1. The van der Waals surface area contributed by atoms with Crippen LogP contribution in [0.1, 0.15) is 25.8 Å². The lowest BCUT2D eigenvalue weighted by Gasteiger charge is -2.19. The smallest absolute Gasteiger partial charge is 0.408 e. The predicted octanol–water partition coefficient (Wildman–Crippen LogP) is 3.34. The largest absolute Gasteiger partial charge is 0.480 e. The van der Waals surface area contributed by atoms with Gasteiger partial charge in [-0.1, -0.05) is 44.2 Å². The zero-order valence-electron chi connectivity index (χ0n) is 14.8. The van der Waals surface area contributed by atoms with E-state index in [1.54, 1.807) is 12.1 Å². The number of rotatable bonds is 10. The maximum atomic E-state index is 12.3. The quantitative estimate of drug-likeness (QED) is 0.612. The van der Waals surface area contributed by atoms with E-state index in [4.69, 9.17) is 9.26 Å². The van der Waals surface area contributed by atoms with Crippen LogP contribution in [0, 0.1) is 5.92 Å². The fourth-order valence-electron chi connectivity index (χ4n) is 1.90. The molecule has 1 aromatic rings. The molecule has 1 rings (SSSR count). The van der Waals surface area contributed by atoms with Crippen LogP contribution in [0.3, 0.4) is 0 Å². The molecule has 2 N–H and O–H groups in total. The summed E-state index contributed by atoms with van der Waals surface area (Å²) in [7, 11) is -2.90. The summed E-state index contributed by atoms with van der Waals surface area (Å²) in [4.78, 5) is 23.1. The van der Waals surface area contributed by atoms with Crippen LogP contribution in [0.4, 0.5) is 4.79 Å². The van der Waals surface area contributed by atoms with Crippen molar-refractivity contribution in [2.75, 3.05) is 19.4 Å². The maximum Gasteiger partial charge on any atom is 0.408 e. The first-order chi connectivity index (χ1) is 11.7. The molecule has 2 unspecified atom stereocenters.